The number of anilines is 2. The summed E-state index contributed by atoms with van der Waals surface area (Å²) in [5.41, 5.74) is 2.46. The molecule has 25 heavy (non-hydrogen) atoms. The Bertz CT molecular complexity index is 846. The Balaban J connectivity index is 1.39. The van der Waals surface area contributed by atoms with Gasteiger partial charge < -0.3 is 20.3 Å². The van der Waals surface area contributed by atoms with Gasteiger partial charge in [0.2, 0.25) is 5.95 Å². The summed E-state index contributed by atoms with van der Waals surface area (Å²) in [6, 6.07) is 10.2. The number of rotatable bonds is 5. The van der Waals surface area contributed by atoms with E-state index in [1.807, 2.05) is 12.1 Å². The fourth-order valence-electron chi connectivity index (χ4n) is 3.42. The molecule has 0 spiro atoms. The number of nitrogens with one attached hydrogen (secondary N) is 2. The van der Waals surface area contributed by atoms with Crippen LogP contribution >= 0.6 is 0 Å². The maximum atomic E-state index is 9.84. The normalized spacial score (nSPS) is 17.8. The maximum Gasteiger partial charge on any atom is 0.224 e. The first-order valence-corrected chi connectivity index (χ1v) is 8.84. The lowest BCUT2D eigenvalue weighted by Gasteiger charge is -2.31. The van der Waals surface area contributed by atoms with Crippen molar-refractivity contribution >= 4 is 22.7 Å². The standard InChI is InChI=1S/C19H23N5O/c25-15-4-3-11-24(13-15)18-8-10-21-19(23-18)20-9-7-14-12-22-17-6-2-1-5-16(14)17/h1-2,5-6,8,10,12,15,22,25H,3-4,7,9,11,13H2,(H,20,21,23). The third-order valence-corrected chi connectivity index (χ3v) is 4.71. The Hall–Kier alpha value is -2.60. The van der Waals surface area contributed by atoms with Crippen molar-refractivity contribution in [3.63, 3.8) is 0 Å². The Morgan fingerprint density at radius 3 is 3.12 bits per heavy atom. The SMILES string of the molecule is OC1CCCN(c2ccnc(NCCc3c[nH]c4ccccc34)n2)C1. The van der Waals surface area contributed by atoms with Crippen molar-refractivity contribution in [2.75, 3.05) is 29.9 Å². The van der Waals surface area contributed by atoms with Gasteiger partial charge in [-0.2, -0.15) is 4.98 Å². The second kappa shape index (κ2) is 7.11. The van der Waals surface area contributed by atoms with E-state index in [1.165, 1.54) is 16.5 Å². The van der Waals surface area contributed by atoms with Crippen molar-refractivity contribution in [2.24, 2.45) is 0 Å². The highest BCUT2D eigenvalue weighted by atomic mass is 16.3. The predicted octanol–water partition coefficient (Wildman–Crippen LogP) is 2.57. The Kier molecular flexibility index (Phi) is 4.52. The number of aromatic nitrogens is 3. The van der Waals surface area contributed by atoms with Crippen LogP contribution in [0.25, 0.3) is 10.9 Å². The highest BCUT2D eigenvalue weighted by Crippen LogP contribution is 2.20. The van der Waals surface area contributed by atoms with E-state index in [1.54, 1.807) is 6.20 Å². The summed E-state index contributed by atoms with van der Waals surface area (Å²) in [7, 11) is 0. The molecule has 1 saturated heterocycles. The number of benzene rings is 1. The molecule has 6 nitrogen and oxygen atoms in total. The lowest BCUT2D eigenvalue weighted by atomic mass is 10.1. The van der Waals surface area contributed by atoms with Crippen LogP contribution in [-0.2, 0) is 6.42 Å². The molecule has 4 rings (SSSR count). The van der Waals surface area contributed by atoms with Crippen LogP contribution in [0.5, 0.6) is 0 Å². The van der Waals surface area contributed by atoms with Crippen LogP contribution in [0, 0.1) is 0 Å². The van der Waals surface area contributed by atoms with E-state index in [0.29, 0.717) is 12.5 Å². The molecule has 0 saturated carbocycles. The number of nitrogens with zero attached hydrogens (tertiary/aromatic N) is 3. The van der Waals surface area contributed by atoms with Gasteiger partial charge in [0.1, 0.15) is 5.82 Å². The highest BCUT2D eigenvalue weighted by molar-refractivity contribution is 5.83. The van der Waals surface area contributed by atoms with Crippen LogP contribution in [0.1, 0.15) is 18.4 Å². The Labute approximate surface area is 146 Å². The first kappa shape index (κ1) is 15.9. The van der Waals surface area contributed by atoms with Crippen molar-refractivity contribution in [3.8, 4) is 0 Å². The second-order valence-corrected chi connectivity index (χ2v) is 6.52. The molecule has 0 amide bonds. The minimum Gasteiger partial charge on any atom is -0.391 e. The fourth-order valence-corrected chi connectivity index (χ4v) is 3.42. The van der Waals surface area contributed by atoms with Crippen LogP contribution in [0.2, 0.25) is 0 Å². The molecule has 1 aliphatic rings. The number of hydrogen-bond donors (Lipinski definition) is 3. The zero-order valence-corrected chi connectivity index (χ0v) is 14.2. The van der Waals surface area contributed by atoms with E-state index < -0.39 is 0 Å². The van der Waals surface area contributed by atoms with E-state index in [-0.39, 0.29) is 6.10 Å². The molecular weight excluding hydrogens is 314 g/mol. The van der Waals surface area contributed by atoms with Crippen LogP contribution in [0.4, 0.5) is 11.8 Å². The van der Waals surface area contributed by atoms with Gasteiger partial charge in [-0.25, -0.2) is 4.98 Å². The van der Waals surface area contributed by atoms with Gasteiger partial charge in [0.15, 0.2) is 0 Å². The monoisotopic (exact) mass is 337 g/mol. The molecular formula is C19H23N5O. The van der Waals surface area contributed by atoms with Crippen LogP contribution < -0.4 is 10.2 Å². The van der Waals surface area contributed by atoms with E-state index in [2.05, 4.69) is 49.6 Å². The quantitative estimate of drug-likeness (QED) is 0.667. The maximum absolute atomic E-state index is 9.84. The van der Waals surface area contributed by atoms with E-state index >= 15 is 0 Å². The number of para-hydroxylation sites is 1. The first-order valence-electron chi connectivity index (χ1n) is 8.84. The number of fused-ring (bicyclic) bond motifs is 1. The van der Waals surface area contributed by atoms with E-state index in [0.717, 1.165) is 38.2 Å². The summed E-state index contributed by atoms with van der Waals surface area (Å²) in [4.78, 5) is 14.3. The van der Waals surface area contributed by atoms with Gasteiger partial charge in [0.25, 0.3) is 0 Å². The van der Waals surface area contributed by atoms with Crippen molar-refractivity contribution in [1.82, 2.24) is 15.0 Å². The molecule has 1 aliphatic heterocycles. The summed E-state index contributed by atoms with van der Waals surface area (Å²) in [5, 5.41) is 14.4. The summed E-state index contributed by atoms with van der Waals surface area (Å²) < 4.78 is 0. The zero-order chi connectivity index (χ0) is 17.1. The van der Waals surface area contributed by atoms with Gasteiger partial charge in [0, 0.05) is 42.9 Å². The molecule has 1 aromatic carbocycles. The molecule has 3 aromatic rings. The Morgan fingerprint density at radius 2 is 2.20 bits per heavy atom. The number of hydrogen-bond acceptors (Lipinski definition) is 5. The summed E-state index contributed by atoms with van der Waals surface area (Å²) in [6.07, 6.45) is 6.35. The second-order valence-electron chi connectivity index (χ2n) is 6.52. The van der Waals surface area contributed by atoms with Gasteiger partial charge in [-0.3, -0.25) is 0 Å². The van der Waals surface area contributed by atoms with Gasteiger partial charge >= 0.3 is 0 Å². The average molecular weight is 337 g/mol. The molecule has 3 N–H and O–H groups in total. The van der Waals surface area contributed by atoms with Gasteiger partial charge in [-0.05, 0) is 37.0 Å². The third-order valence-electron chi connectivity index (χ3n) is 4.71. The van der Waals surface area contributed by atoms with Crippen LogP contribution in [0.3, 0.4) is 0 Å². The van der Waals surface area contributed by atoms with Gasteiger partial charge in [0.05, 0.1) is 6.10 Å². The zero-order valence-electron chi connectivity index (χ0n) is 14.2. The van der Waals surface area contributed by atoms with Crippen LogP contribution in [-0.4, -0.2) is 45.8 Å². The average Bonchev–Trinajstić information content (AvgIpc) is 3.05. The molecule has 1 atom stereocenters. The van der Waals surface area contributed by atoms with Crippen molar-refractivity contribution in [3.05, 3.63) is 48.3 Å². The number of piperidine rings is 1. The topological polar surface area (TPSA) is 77.1 Å². The lowest BCUT2D eigenvalue weighted by molar-refractivity contribution is 0.154. The minimum absolute atomic E-state index is 0.262. The largest absolute Gasteiger partial charge is 0.391 e. The molecule has 1 unspecified atom stereocenters. The van der Waals surface area contributed by atoms with E-state index in [9.17, 15) is 5.11 Å². The molecule has 130 valence electrons. The molecule has 2 aromatic heterocycles. The number of β-amino-alcohol motifs (C(OH)–C–C–N with tert-alkyl or cyclic N) is 1. The molecule has 1 fully saturated rings. The number of aliphatic hydroxyl groups excluding tert-OH is 1. The number of H-pyrrole nitrogens is 1. The lowest BCUT2D eigenvalue weighted by Crippen LogP contribution is -2.38. The summed E-state index contributed by atoms with van der Waals surface area (Å²) >= 11 is 0. The number of aromatic amines is 1. The fraction of sp³-hybridized carbons (Fsp3) is 0.368. The van der Waals surface area contributed by atoms with Gasteiger partial charge in [-0.15, -0.1) is 0 Å². The van der Waals surface area contributed by atoms with Crippen molar-refractivity contribution in [2.45, 2.75) is 25.4 Å². The van der Waals surface area contributed by atoms with Gasteiger partial charge in [-0.1, -0.05) is 18.2 Å². The number of aliphatic hydroxyl groups is 1. The molecule has 6 heteroatoms. The Morgan fingerprint density at radius 1 is 1.28 bits per heavy atom. The van der Waals surface area contributed by atoms with Crippen LogP contribution in [0.15, 0.2) is 42.7 Å². The minimum atomic E-state index is -0.262. The van der Waals surface area contributed by atoms with Crippen molar-refractivity contribution in [1.29, 1.82) is 0 Å². The molecule has 3 heterocycles. The first-order chi connectivity index (χ1) is 12.3. The molecule has 0 bridgehead atoms. The smallest absolute Gasteiger partial charge is 0.224 e. The van der Waals surface area contributed by atoms with Crippen molar-refractivity contribution < 1.29 is 5.11 Å². The molecule has 0 aliphatic carbocycles. The third kappa shape index (κ3) is 3.58. The van der Waals surface area contributed by atoms with E-state index in [4.69, 9.17) is 0 Å². The summed E-state index contributed by atoms with van der Waals surface area (Å²) in [5.74, 6) is 1.51. The summed E-state index contributed by atoms with van der Waals surface area (Å²) in [6.45, 7) is 2.35. The highest BCUT2D eigenvalue weighted by Gasteiger charge is 2.19. The molecule has 0 radical (unpaired) electrons. The predicted molar refractivity (Wildman–Crippen MR) is 100.0 cm³/mol.